The van der Waals surface area contributed by atoms with Crippen molar-refractivity contribution in [3.05, 3.63) is 53.7 Å². The molecule has 2 heterocycles. The number of nitrogens with zero attached hydrogens (tertiary/aromatic N) is 3. The van der Waals surface area contributed by atoms with Crippen molar-refractivity contribution < 1.29 is 17.9 Å². The summed E-state index contributed by atoms with van der Waals surface area (Å²) in [5, 5.41) is 2.92. The fraction of sp³-hybridized carbons (Fsp3) is 0.429. The quantitative estimate of drug-likeness (QED) is 0.678. The van der Waals surface area contributed by atoms with E-state index in [9.17, 15) is 13.2 Å². The van der Waals surface area contributed by atoms with Crippen LogP contribution in [0.4, 0.5) is 5.82 Å². The number of rotatable bonds is 8. The van der Waals surface area contributed by atoms with Gasteiger partial charge in [0.25, 0.3) is 0 Å². The van der Waals surface area contributed by atoms with E-state index in [4.69, 9.17) is 4.74 Å². The predicted molar refractivity (Wildman–Crippen MR) is 115 cm³/mol. The maximum Gasteiger partial charge on any atom is 0.243 e. The van der Waals surface area contributed by atoms with Gasteiger partial charge in [0, 0.05) is 51.9 Å². The molecule has 1 fully saturated rings. The van der Waals surface area contributed by atoms with E-state index in [0.717, 1.165) is 16.9 Å². The molecule has 0 spiro atoms. The van der Waals surface area contributed by atoms with Crippen LogP contribution in [0.15, 0.2) is 47.5 Å². The third-order valence-electron chi connectivity index (χ3n) is 4.94. The summed E-state index contributed by atoms with van der Waals surface area (Å²) in [4.78, 5) is 18.8. The Labute approximate surface area is 177 Å². The predicted octanol–water partition coefficient (Wildman–Crippen LogP) is 1.42. The average molecular weight is 433 g/mol. The Kier molecular flexibility index (Phi) is 7.41. The number of benzene rings is 1. The van der Waals surface area contributed by atoms with Gasteiger partial charge < -0.3 is 15.0 Å². The van der Waals surface area contributed by atoms with Crippen LogP contribution in [0.1, 0.15) is 17.5 Å². The summed E-state index contributed by atoms with van der Waals surface area (Å²) in [5.41, 5.74) is 1.87. The van der Waals surface area contributed by atoms with Crippen LogP contribution in [0.25, 0.3) is 0 Å². The van der Waals surface area contributed by atoms with E-state index in [2.05, 4.69) is 10.3 Å². The van der Waals surface area contributed by atoms with Gasteiger partial charge in [-0.25, -0.2) is 13.4 Å². The Morgan fingerprint density at radius 3 is 2.53 bits per heavy atom. The lowest BCUT2D eigenvalue weighted by molar-refractivity contribution is -0.121. The van der Waals surface area contributed by atoms with Crippen LogP contribution >= 0.6 is 0 Å². The van der Waals surface area contributed by atoms with E-state index < -0.39 is 10.0 Å². The summed E-state index contributed by atoms with van der Waals surface area (Å²) in [5.74, 6) is 0.767. The zero-order valence-corrected chi connectivity index (χ0v) is 18.2. The van der Waals surface area contributed by atoms with Crippen LogP contribution < -0.4 is 10.2 Å². The Hall–Kier alpha value is -2.49. The maximum absolute atomic E-state index is 12.7. The maximum atomic E-state index is 12.7. The summed E-state index contributed by atoms with van der Waals surface area (Å²) in [6.45, 7) is 1.99. The van der Waals surface area contributed by atoms with Gasteiger partial charge in [-0.3, -0.25) is 4.79 Å². The zero-order valence-electron chi connectivity index (χ0n) is 17.4. The van der Waals surface area contributed by atoms with Crippen molar-refractivity contribution in [3.63, 3.8) is 0 Å². The van der Waals surface area contributed by atoms with Gasteiger partial charge in [0.15, 0.2) is 0 Å². The van der Waals surface area contributed by atoms with Crippen molar-refractivity contribution in [1.29, 1.82) is 0 Å². The van der Waals surface area contributed by atoms with Crippen molar-refractivity contribution in [2.45, 2.75) is 24.3 Å². The normalized spacial score (nSPS) is 15.0. The number of aromatic nitrogens is 1. The summed E-state index contributed by atoms with van der Waals surface area (Å²) in [7, 11) is 0.330. The summed E-state index contributed by atoms with van der Waals surface area (Å²) in [6.07, 6.45) is 2.59. The van der Waals surface area contributed by atoms with Gasteiger partial charge in [-0.2, -0.15) is 4.31 Å². The third kappa shape index (κ3) is 5.56. The van der Waals surface area contributed by atoms with Crippen molar-refractivity contribution in [3.8, 4) is 0 Å². The second-order valence-electron chi connectivity index (χ2n) is 7.32. The van der Waals surface area contributed by atoms with Gasteiger partial charge in [-0.05, 0) is 30.2 Å². The molecule has 1 amide bonds. The molecule has 0 aliphatic carbocycles. The summed E-state index contributed by atoms with van der Waals surface area (Å²) < 4.78 is 32.0. The number of amides is 1. The lowest BCUT2D eigenvalue weighted by atomic mass is 10.1. The number of ether oxygens (including phenoxy) is 1. The van der Waals surface area contributed by atoms with Crippen LogP contribution in [-0.2, 0) is 32.5 Å². The van der Waals surface area contributed by atoms with E-state index in [1.807, 2.05) is 31.1 Å². The molecule has 2 aromatic rings. The fourth-order valence-corrected chi connectivity index (χ4v) is 4.68. The van der Waals surface area contributed by atoms with Crippen molar-refractivity contribution in [1.82, 2.24) is 14.6 Å². The topological polar surface area (TPSA) is 91.8 Å². The molecule has 3 rings (SSSR count). The summed E-state index contributed by atoms with van der Waals surface area (Å²) in [6, 6.07) is 10.5. The van der Waals surface area contributed by atoms with Crippen molar-refractivity contribution >= 4 is 21.7 Å². The van der Waals surface area contributed by atoms with Gasteiger partial charge in [-0.15, -0.1) is 0 Å². The molecule has 1 saturated heterocycles. The van der Waals surface area contributed by atoms with Gasteiger partial charge in [-0.1, -0.05) is 18.2 Å². The minimum atomic E-state index is -3.50. The lowest BCUT2D eigenvalue weighted by Crippen LogP contribution is -2.40. The van der Waals surface area contributed by atoms with E-state index >= 15 is 0 Å². The van der Waals surface area contributed by atoms with Crippen LogP contribution in [0.2, 0.25) is 0 Å². The largest absolute Gasteiger partial charge is 0.379 e. The van der Waals surface area contributed by atoms with Crippen LogP contribution in [0, 0.1) is 0 Å². The number of carbonyl (C=O) groups excluding carboxylic acids is 1. The monoisotopic (exact) mass is 432 g/mol. The van der Waals surface area contributed by atoms with Gasteiger partial charge in [0.05, 0.1) is 18.1 Å². The molecule has 0 atom stereocenters. The number of aryl methyl sites for hydroxylation is 1. The molecular formula is C21H28N4O4S. The highest BCUT2D eigenvalue weighted by Gasteiger charge is 2.26. The number of sulfonamides is 1. The third-order valence-corrected chi connectivity index (χ3v) is 6.85. The van der Waals surface area contributed by atoms with Crippen molar-refractivity contribution in [2.24, 2.45) is 0 Å². The minimum Gasteiger partial charge on any atom is -0.379 e. The molecule has 1 aromatic heterocycles. The number of nitrogens with one attached hydrogen (secondary N) is 1. The Morgan fingerprint density at radius 2 is 1.87 bits per heavy atom. The highest BCUT2D eigenvalue weighted by molar-refractivity contribution is 7.89. The number of pyridine rings is 1. The second kappa shape index (κ2) is 10.0. The van der Waals surface area contributed by atoms with Gasteiger partial charge in [0.2, 0.25) is 15.9 Å². The molecule has 0 bridgehead atoms. The smallest absolute Gasteiger partial charge is 0.243 e. The molecule has 0 radical (unpaired) electrons. The van der Waals surface area contributed by atoms with Crippen LogP contribution in [-0.4, -0.2) is 64.0 Å². The number of carbonyl (C=O) groups is 1. The lowest BCUT2D eigenvalue weighted by Gasteiger charge is -2.26. The first-order valence-corrected chi connectivity index (χ1v) is 11.4. The summed E-state index contributed by atoms with van der Waals surface area (Å²) >= 11 is 0. The molecule has 30 heavy (non-hydrogen) atoms. The number of morpholine rings is 1. The van der Waals surface area contributed by atoms with E-state index in [-0.39, 0.29) is 10.8 Å². The Morgan fingerprint density at radius 1 is 1.17 bits per heavy atom. The first-order valence-electron chi connectivity index (χ1n) is 9.92. The molecule has 0 unspecified atom stereocenters. The Bertz CT molecular complexity index is 955. The van der Waals surface area contributed by atoms with E-state index in [1.165, 1.54) is 4.31 Å². The van der Waals surface area contributed by atoms with Gasteiger partial charge in [0.1, 0.15) is 5.82 Å². The van der Waals surface area contributed by atoms with Gasteiger partial charge >= 0.3 is 0 Å². The SMILES string of the molecule is CN(C)c1ncccc1CNC(=O)CCc1ccc(S(=O)(=O)N2CCOCC2)cc1. The minimum absolute atomic E-state index is 0.0615. The van der Waals surface area contributed by atoms with Crippen molar-refractivity contribution in [2.75, 3.05) is 45.3 Å². The molecule has 1 aliphatic heterocycles. The average Bonchev–Trinajstić information content (AvgIpc) is 2.77. The van der Waals surface area contributed by atoms with E-state index in [1.54, 1.807) is 30.5 Å². The second-order valence-corrected chi connectivity index (χ2v) is 9.26. The Balaban J connectivity index is 1.52. The molecule has 1 aromatic carbocycles. The molecule has 162 valence electrons. The fourth-order valence-electron chi connectivity index (χ4n) is 3.28. The molecule has 1 aliphatic rings. The molecule has 8 nitrogen and oxygen atoms in total. The molecule has 0 saturated carbocycles. The molecule has 1 N–H and O–H groups in total. The standard InChI is InChI=1S/C21H28N4O4S/c1-24(2)21-18(4-3-11-22-21)16-23-20(26)10-7-17-5-8-19(9-6-17)30(27,28)25-12-14-29-15-13-25/h3-6,8-9,11H,7,10,12-16H2,1-2H3,(H,23,26). The van der Waals surface area contributed by atoms with Crippen LogP contribution in [0.5, 0.6) is 0 Å². The van der Waals surface area contributed by atoms with Crippen LogP contribution in [0.3, 0.4) is 0 Å². The highest BCUT2D eigenvalue weighted by Crippen LogP contribution is 2.18. The number of anilines is 1. The van der Waals surface area contributed by atoms with E-state index in [0.29, 0.717) is 45.7 Å². The zero-order chi connectivity index (χ0) is 21.6. The number of hydrogen-bond donors (Lipinski definition) is 1. The first-order chi connectivity index (χ1) is 14.4. The first kappa shape index (κ1) is 22.2. The molecule has 9 heteroatoms. The highest BCUT2D eigenvalue weighted by atomic mass is 32.2. The molecular weight excluding hydrogens is 404 g/mol. The number of hydrogen-bond acceptors (Lipinski definition) is 6.